The molecule has 8 heteroatoms. The fraction of sp³-hybridized carbons (Fsp3) is 0.333. The molecule has 0 spiro atoms. The number of rotatable bonds is 4. The van der Waals surface area contributed by atoms with Crippen molar-refractivity contribution < 1.29 is 14.0 Å². The number of carbonyl (C=O) groups excluding carboxylic acids is 2. The zero-order valence-corrected chi connectivity index (χ0v) is 15.8. The molecular weight excluding hydrogens is 377 g/mol. The van der Waals surface area contributed by atoms with Gasteiger partial charge in [-0.15, -0.1) is 0 Å². The Bertz CT molecular complexity index is 767. The van der Waals surface area contributed by atoms with E-state index in [1.807, 2.05) is 11.8 Å². The molecule has 0 radical (unpaired) electrons. The Kier molecular flexibility index (Phi) is 5.86. The molecule has 6 nitrogen and oxygen atoms in total. The number of nitrogens with one attached hydrogen (secondary N) is 1. The molecule has 138 valence electrons. The molecular formula is C18H19Cl2N3O3. The van der Waals surface area contributed by atoms with Gasteiger partial charge in [0.1, 0.15) is 0 Å². The second-order valence-electron chi connectivity index (χ2n) is 6.07. The number of benzene rings is 1. The van der Waals surface area contributed by atoms with E-state index in [2.05, 4.69) is 5.32 Å². The predicted molar refractivity (Wildman–Crippen MR) is 101 cm³/mol. The fourth-order valence-corrected chi connectivity index (χ4v) is 3.37. The van der Waals surface area contributed by atoms with E-state index in [0.717, 1.165) is 0 Å². The molecule has 1 N–H and O–H groups in total. The van der Waals surface area contributed by atoms with Gasteiger partial charge < -0.3 is 14.6 Å². The smallest absolute Gasteiger partial charge is 0.289 e. The second-order valence-corrected chi connectivity index (χ2v) is 6.88. The molecule has 2 heterocycles. The lowest BCUT2D eigenvalue weighted by Gasteiger charge is -2.37. The van der Waals surface area contributed by atoms with Crippen LogP contribution in [-0.2, 0) is 4.79 Å². The summed E-state index contributed by atoms with van der Waals surface area (Å²) < 4.78 is 5.16. The number of halogens is 2. The minimum absolute atomic E-state index is 0.130. The number of carbonyl (C=O) groups is 2. The highest BCUT2D eigenvalue weighted by atomic mass is 35.5. The third kappa shape index (κ3) is 4.03. The molecule has 1 aromatic carbocycles. The van der Waals surface area contributed by atoms with E-state index in [0.29, 0.717) is 47.7 Å². The SMILES string of the molecule is C[C@H](C(=O)Nc1c(Cl)cccc1Cl)N1CCN(C(=O)c2ccco2)CC1. The van der Waals surface area contributed by atoms with Crippen molar-refractivity contribution in [3.05, 3.63) is 52.4 Å². The molecule has 0 unspecified atom stereocenters. The van der Waals surface area contributed by atoms with Crippen molar-refractivity contribution in [2.45, 2.75) is 13.0 Å². The maximum atomic E-state index is 12.6. The number of hydrogen-bond donors (Lipinski definition) is 1. The monoisotopic (exact) mass is 395 g/mol. The average molecular weight is 396 g/mol. The van der Waals surface area contributed by atoms with Crippen molar-refractivity contribution in [3.63, 3.8) is 0 Å². The first-order valence-corrected chi connectivity index (χ1v) is 9.04. The standard InChI is InChI=1S/C18H19Cl2N3O3/c1-12(17(24)21-16-13(19)4-2-5-14(16)20)22-7-9-23(10-8-22)18(25)15-6-3-11-26-15/h2-6,11-12H,7-10H2,1H3,(H,21,24)/t12-/m1/s1. The molecule has 1 aromatic heterocycles. The van der Waals surface area contributed by atoms with E-state index in [4.69, 9.17) is 27.6 Å². The fourth-order valence-electron chi connectivity index (χ4n) is 2.88. The number of anilines is 1. The molecule has 26 heavy (non-hydrogen) atoms. The van der Waals surface area contributed by atoms with Gasteiger partial charge in [-0.1, -0.05) is 29.3 Å². The molecule has 1 atom stereocenters. The first-order valence-electron chi connectivity index (χ1n) is 8.29. The van der Waals surface area contributed by atoms with Gasteiger partial charge in [0.15, 0.2) is 5.76 Å². The van der Waals surface area contributed by atoms with Gasteiger partial charge >= 0.3 is 0 Å². The summed E-state index contributed by atoms with van der Waals surface area (Å²) >= 11 is 12.2. The van der Waals surface area contributed by atoms with Gasteiger partial charge in [-0.25, -0.2) is 0 Å². The molecule has 1 aliphatic rings. The Morgan fingerprint density at radius 3 is 2.31 bits per heavy atom. The highest BCUT2D eigenvalue weighted by molar-refractivity contribution is 6.39. The summed E-state index contributed by atoms with van der Waals surface area (Å²) in [6.07, 6.45) is 1.48. The van der Waals surface area contributed by atoms with Crippen LogP contribution in [0, 0.1) is 0 Å². The number of para-hydroxylation sites is 1. The first kappa shape index (κ1) is 18.8. The van der Waals surface area contributed by atoms with Gasteiger partial charge in [-0.2, -0.15) is 0 Å². The van der Waals surface area contributed by atoms with Gasteiger partial charge in [0.05, 0.1) is 28.0 Å². The van der Waals surface area contributed by atoms with Gasteiger partial charge in [-0.05, 0) is 31.2 Å². The summed E-state index contributed by atoms with van der Waals surface area (Å²) in [6, 6.07) is 8.04. The van der Waals surface area contributed by atoms with Crippen molar-refractivity contribution in [2.75, 3.05) is 31.5 Å². The minimum Gasteiger partial charge on any atom is -0.459 e. The average Bonchev–Trinajstić information content (AvgIpc) is 3.18. The lowest BCUT2D eigenvalue weighted by molar-refractivity contribution is -0.121. The number of hydrogen-bond acceptors (Lipinski definition) is 4. The largest absolute Gasteiger partial charge is 0.459 e. The second kappa shape index (κ2) is 8.12. The van der Waals surface area contributed by atoms with Crippen molar-refractivity contribution in [1.82, 2.24) is 9.80 Å². The first-order chi connectivity index (χ1) is 12.5. The van der Waals surface area contributed by atoms with Crippen LogP contribution in [-0.4, -0.2) is 53.8 Å². The Morgan fingerprint density at radius 2 is 1.73 bits per heavy atom. The minimum atomic E-state index is -0.372. The maximum Gasteiger partial charge on any atom is 0.289 e. The van der Waals surface area contributed by atoms with Crippen LogP contribution in [0.3, 0.4) is 0 Å². The third-order valence-corrected chi connectivity index (χ3v) is 5.10. The lowest BCUT2D eigenvalue weighted by atomic mass is 10.2. The normalized spacial score (nSPS) is 16.3. The third-order valence-electron chi connectivity index (χ3n) is 4.47. The van der Waals surface area contributed by atoms with E-state index in [1.54, 1.807) is 35.2 Å². The van der Waals surface area contributed by atoms with E-state index in [9.17, 15) is 9.59 Å². The highest BCUT2D eigenvalue weighted by Gasteiger charge is 2.29. The molecule has 0 bridgehead atoms. The van der Waals surface area contributed by atoms with Crippen LogP contribution in [0.25, 0.3) is 0 Å². The summed E-state index contributed by atoms with van der Waals surface area (Å²) in [7, 11) is 0. The van der Waals surface area contributed by atoms with Crippen LogP contribution >= 0.6 is 23.2 Å². The van der Waals surface area contributed by atoms with Crippen LogP contribution in [0.15, 0.2) is 41.0 Å². The molecule has 1 fully saturated rings. The van der Waals surface area contributed by atoms with Crippen LogP contribution in [0.5, 0.6) is 0 Å². The molecule has 0 saturated carbocycles. The summed E-state index contributed by atoms with van der Waals surface area (Å²) in [6.45, 7) is 4.08. The molecule has 2 aromatic rings. The van der Waals surface area contributed by atoms with E-state index in [1.165, 1.54) is 6.26 Å². The molecule has 0 aliphatic carbocycles. The number of amides is 2. The van der Waals surface area contributed by atoms with Gasteiger partial charge in [-0.3, -0.25) is 14.5 Å². The molecule has 1 saturated heterocycles. The summed E-state index contributed by atoms with van der Waals surface area (Å²) in [5, 5.41) is 3.58. The van der Waals surface area contributed by atoms with Crippen molar-refractivity contribution >= 4 is 40.7 Å². The predicted octanol–water partition coefficient (Wildman–Crippen LogP) is 3.37. The zero-order valence-electron chi connectivity index (χ0n) is 14.2. The quantitative estimate of drug-likeness (QED) is 0.861. The van der Waals surface area contributed by atoms with Crippen molar-refractivity contribution in [1.29, 1.82) is 0 Å². The van der Waals surface area contributed by atoms with Gasteiger partial charge in [0.25, 0.3) is 5.91 Å². The maximum absolute atomic E-state index is 12.6. The number of furan rings is 1. The Morgan fingerprint density at radius 1 is 1.08 bits per heavy atom. The van der Waals surface area contributed by atoms with Crippen molar-refractivity contribution in [3.8, 4) is 0 Å². The number of piperazine rings is 1. The van der Waals surface area contributed by atoms with E-state index < -0.39 is 0 Å². The van der Waals surface area contributed by atoms with Gasteiger partial charge in [0, 0.05) is 26.2 Å². The highest BCUT2D eigenvalue weighted by Crippen LogP contribution is 2.30. The van der Waals surface area contributed by atoms with E-state index >= 15 is 0 Å². The van der Waals surface area contributed by atoms with Crippen LogP contribution < -0.4 is 5.32 Å². The zero-order chi connectivity index (χ0) is 18.7. The molecule has 3 rings (SSSR count). The van der Waals surface area contributed by atoms with Gasteiger partial charge in [0.2, 0.25) is 5.91 Å². The van der Waals surface area contributed by atoms with Crippen LogP contribution in [0.4, 0.5) is 5.69 Å². The van der Waals surface area contributed by atoms with Crippen LogP contribution in [0.2, 0.25) is 10.0 Å². The molecule has 2 amide bonds. The Hall–Kier alpha value is -2.02. The summed E-state index contributed by atoms with van der Waals surface area (Å²) in [5.74, 6) is 0.0121. The Balaban J connectivity index is 1.57. The lowest BCUT2D eigenvalue weighted by Crippen LogP contribution is -2.54. The summed E-state index contributed by atoms with van der Waals surface area (Å²) in [5.41, 5.74) is 0.416. The topological polar surface area (TPSA) is 65.8 Å². The molecule has 1 aliphatic heterocycles. The number of nitrogens with zero attached hydrogens (tertiary/aromatic N) is 2. The summed E-state index contributed by atoms with van der Waals surface area (Å²) in [4.78, 5) is 28.6. The Labute approximate surface area is 161 Å². The van der Waals surface area contributed by atoms with Crippen LogP contribution in [0.1, 0.15) is 17.5 Å². The van der Waals surface area contributed by atoms with E-state index in [-0.39, 0.29) is 17.9 Å². The van der Waals surface area contributed by atoms with Crippen molar-refractivity contribution in [2.24, 2.45) is 0 Å².